The number of rotatable bonds is 10. The molecular formula is C14H22N2O2S2. The number of nitrogens with one attached hydrogen (secondary N) is 1. The van der Waals surface area contributed by atoms with Crippen molar-refractivity contribution in [3.8, 4) is 0 Å². The van der Waals surface area contributed by atoms with Gasteiger partial charge in [0.2, 0.25) is 10.0 Å². The van der Waals surface area contributed by atoms with Crippen molar-refractivity contribution < 1.29 is 8.42 Å². The first kappa shape index (κ1) is 17.1. The van der Waals surface area contributed by atoms with E-state index in [0.29, 0.717) is 11.4 Å². The van der Waals surface area contributed by atoms with Crippen molar-refractivity contribution in [2.75, 3.05) is 19.6 Å². The SMILES string of the molecule is C=CCN(CC=C)S(=O)(=O)c1ccsc1CNCCC. The molecule has 0 aliphatic carbocycles. The van der Waals surface area contributed by atoms with Gasteiger partial charge in [-0.25, -0.2) is 8.42 Å². The van der Waals surface area contributed by atoms with Crippen LogP contribution in [-0.2, 0) is 16.6 Å². The summed E-state index contributed by atoms with van der Waals surface area (Å²) in [5.74, 6) is 0. The molecule has 1 aromatic rings. The number of sulfonamides is 1. The van der Waals surface area contributed by atoms with Crippen molar-refractivity contribution in [1.82, 2.24) is 9.62 Å². The second kappa shape index (κ2) is 8.36. The summed E-state index contributed by atoms with van der Waals surface area (Å²) in [7, 11) is -3.49. The van der Waals surface area contributed by atoms with Gasteiger partial charge in [0.1, 0.15) is 0 Å². The average molecular weight is 314 g/mol. The molecule has 1 aromatic heterocycles. The highest BCUT2D eigenvalue weighted by atomic mass is 32.2. The van der Waals surface area contributed by atoms with Crippen molar-refractivity contribution in [1.29, 1.82) is 0 Å². The third-order valence-electron chi connectivity index (χ3n) is 2.70. The zero-order valence-corrected chi connectivity index (χ0v) is 13.5. The fourth-order valence-corrected chi connectivity index (χ4v) is 4.53. The first-order chi connectivity index (χ1) is 9.57. The largest absolute Gasteiger partial charge is 0.312 e. The van der Waals surface area contributed by atoms with E-state index < -0.39 is 10.0 Å². The Hall–Kier alpha value is -0.950. The minimum Gasteiger partial charge on any atom is -0.312 e. The molecule has 6 heteroatoms. The molecule has 0 aromatic carbocycles. The van der Waals surface area contributed by atoms with Crippen molar-refractivity contribution in [3.05, 3.63) is 41.6 Å². The predicted octanol–water partition coefficient (Wildman–Crippen LogP) is 2.61. The molecule has 0 radical (unpaired) electrons. The van der Waals surface area contributed by atoms with E-state index in [1.165, 1.54) is 15.6 Å². The summed E-state index contributed by atoms with van der Waals surface area (Å²) < 4.78 is 26.6. The highest BCUT2D eigenvalue weighted by molar-refractivity contribution is 7.89. The van der Waals surface area contributed by atoms with Gasteiger partial charge in [-0.15, -0.1) is 24.5 Å². The third-order valence-corrected chi connectivity index (χ3v) is 5.67. The molecular weight excluding hydrogens is 292 g/mol. The summed E-state index contributed by atoms with van der Waals surface area (Å²) in [5, 5.41) is 5.06. The molecule has 0 spiro atoms. The molecule has 0 saturated heterocycles. The molecule has 0 unspecified atom stereocenters. The number of hydrogen-bond donors (Lipinski definition) is 1. The van der Waals surface area contributed by atoms with Gasteiger partial charge < -0.3 is 5.32 Å². The van der Waals surface area contributed by atoms with Crippen LogP contribution in [0.4, 0.5) is 0 Å². The maximum absolute atomic E-state index is 12.6. The second-order valence-corrected chi connectivity index (χ2v) is 7.19. The van der Waals surface area contributed by atoms with Gasteiger partial charge in [-0.3, -0.25) is 0 Å². The zero-order valence-electron chi connectivity index (χ0n) is 11.8. The average Bonchev–Trinajstić information content (AvgIpc) is 2.88. The molecule has 0 saturated carbocycles. The Morgan fingerprint density at radius 1 is 1.35 bits per heavy atom. The van der Waals surface area contributed by atoms with Crippen LogP contribution in [0.3, 0.4) is 0 Å². The van der Waals surface area contributed by atoms with Gasteiger partial charge in [-0.05, 0) is 24.4 Å². The standard InChI is InChI=1S/C14H22N2O2S2/c1-4-8-15-12-13-14(7-11-19-13)20(17,18)16(9-5-2)10-6-3/h5-7,11,15H,2-4,8-10,12H2,1H3. The highest BCUT2D eigenvalue weighted by Crippen LogP contribution is 2.25. The minimum absolute atomic E-state index is 0.284. The summed E-state index contributed by atoms with van der Waals surface area (Å²) in [4.78, 5) is 1.23. The van der Waals surface area contributed by atoms with E-state index in [4.69, 9.17) is 0 Å². The van der Waals surface area contributed by atoms with Crippen LogP contribution in [0.5, 0.6) is 0 Å². The van der Waals surface area contributed by atoms with Gasteiger partial charge in [0, 0.05) is 24.5 Å². The van der Waals surface area contributed by atoms with Gasteiger partial charge in [0.25, 0.3) is 0 Å². The number of hydrogen-bond acceptors (Lipinski definition) is 4. The molecule has 0 aliphatic heterocycles. The summed E-state index contributed by atoms with van der Waals surface area (Å²) in [5.41, 5.74) is 0. The molecule has 0 amide bonds. The van der Waals surface area contributed by atoms with Crippen LogP contribution in [0, 0.1) is 0 Å². The molecule has 4 nitrogen and oxygen atoms in total. The van der Waals surface area contributed by atoms with E-state index in [2.05, 4.69) is 25.4 Å². The Balaban J connectivity index is 2.98. The first-order valence-corrected chi connectivity index (χ1v) is 8.88. The van der Waals surface area contributed by atoms with Crippen LogP contribution in [-0.4, -0.2) is 32.4 Å². The Bertz CT molecular complexity index is 525. The molecule has 0 bridgehead atoms. The second-order valence-electron chi connectivity index (χ2n) is 4.28. The van der Waals surface area contributed by atoms with Crippen molar-refractivity contribution >= 4 is 21.4 Å². The quantitative estimate of drug-likeness (QED) is 0.533. The van der Waals surface area contributed by atoms with E-state index >= 15 is 0 Å². The number of nitrogens with zero attached hydrogens (tertiary/aromatic N) is 1. The predicted molar refractivity (Wildman–Crippen MR) is 85.5 cm³/mol. The lowest BCUT2D eigenvalue weighted by atomic mass is 10.4. The Morgan fingerprint density at radius 3 is 2.55 bits per heavy atom. The van der Waals surface area contributed by atoms with Gasteiger partial charge >= 0.3 is 0 Å². The summed E-state index contributed by atoms with van der Waals surface area (Å²) in [6, 6.07) is 1.67. The highest BCUT2D eigenvalue weighted by Gasteiger charge is 2.25. The lowest BCUT2D eigenvalue weighted by Crippen LogP contribution is -2.32. The molecule has 0 fully saturated rings. The van der Waals surface area contributed by atoms with Crippen molar-refractivity contribution in [3.63, 3.8) is 0 Å². The van der Waals surface area contributed by atoms with E-state index in [9.17, 15) is 8.42 Å². The summed E-state index contributed by atoms with van der Waals surface area (Å²) in [6.45, 7) is 11.3. The molecule has 1 rings (SSSR count). The molecule has 112 valence electrons. The van der Waals surface area contributed by atoms with E-state index in [-0.39, 0.29) is 13.1 Å². The molecule has 0 atom stereocenters. The van der Waals surface area contributed by atoms with Crippen molar-refractivity contribution in [2.45, 2.75) is 24.8 Å². The fraction of sp³-hybridized carbons (Fsp3) is 0.429. The monoisotopic (exact) mass is 314 g/mol. The lowest BCUT2D eigenvalue weighted by molar-refractivity contribution is 0.473. The maximum Gasteiger partial charge on any atom is 0.244 e. The van der Waals surface area contributed by atoms with E-state index in [1.54, 1.807) is 18.2 Å². The maximum atomic E-state index is 12.6. The van der Waals surface area contributed by atoms with Crippen LogP contribution in [0.25, 0.3) is 0 Å². The number of thiophene rings is 1. The fourth-order valence-electron chi connectivity index (χ4n) is 1.76. The molecule has 1 N–H and O–H groups in total. The Labute approximate surface area is 125 Å². The van der Waals surface area contributed by atoms with Gasteiger partial charge in [-0.1, -0.05) is 19.1 Å². The first-order valence-electron chi connectivity index (χ1n) is 6.57. The van der Waals surface area contributed by atoms with Crippen LogP contribution >= 0.6 is 11.3 Å². The van der Waals surface area contributed by atoms with Crippen LogP contribution in [0.2, 0.25) is 0 Å². The topological polar surface area (TPSA) is 49.4 Å². The minimum atomic E-state index is -3.49. The van der Waals surface area contributed by atoms with Crippen LogP contribution < -0.4 is 5.32 Å². The van der Waals surface area contributed by atoms with Gasteiger partial charge in [-0.2, -0.15) is 4.31 Å². The molecule has 1 heterocycles. The van der Waals surface area contributed by atoms with Gasteiger partial charge in [0.15, 0.2) is 0 Å². The Morgan fingerprint density at radius 2 is 2.00 bits per heavy atom. The smallest absolute Gasteiger partial charge is 0.244 e. The van der Waals surface area contributed by atoms with E-state index in [0.717, 1.165) is 17.8 Å². The molecule has 0 aliphatic rings. The van der Waals surface area contributed by atoms with E-state index in [1.807, 2.05) is 5.38 Å². The zero-order chi connectivity index (χ0) is 15.0. The van der Waals surface area contributed by atoms with Crippen molar-refractivity contribution in [2.24, 2.45) is 0 Å². The molecule has 20 heavy (non-hydrogen) atoms. The van der Waals surface area contributed by atoms with Gasteiger partial charge in [0.05, 0.1) is 4.90 Å². The lowest BCUT2D eigenvalue weighted by Gasteiger charge is -2.19. The summed E-state index contributed by atoms with van der Waals surface area (Å²) >= 11 is 1.46. The van der Waals surface area contributed by atoms with Crippen LogP contribution in [0.15, 0.2) is 41.7 Å². The Kier molecular flexibility index (Phi) is 7.15. The van der Waals surface area contributed by atoms with Crippen LogP contribution in [0.1, 0.15) is 18.2 Å². The third kappa shape index (κ3) is 4.28. The summed E-state index contributed by atoms with van der Waals surface area (Å²) in [6.07, 6.45) is 4.19. The normalized spacial score (nSPS) is 11.7.